The summed E-state index contributed by atoms with van der Waals surface area (Å²) in [4.78, 5) is 14.8. The Morgan fingerprint density at radius 3 is 3.05 bits per heavy atom. The van der Waals surface area contributed by atoms with Gasteiger partial charge in [0.05, 0.1) is 4.92 Å². The van der Waals surface area contributed by atoms with Crippen LogP contribution in [0.2, 0.25) is 0 Å². The first-order valence-corrected chi connectivity index (χ1v) is 7.06. The first kappa shape index (κ1) is 13.8. The molecule has 0 radical (unpaired) electrons. The summed E-state index contributed by atoms with van der Waals surface area (Å²) in [5, 5.41) is 15.1. The first-order chi connectivity index (χ1) is 10.2. The molecule has 2 aromatic rings. The molecule has 21 heavy (non-hydrogen) atoms. The number of hydrogen-bond donors (Lipinski definition) is 1. The van der Waals surface area contributed by atoms with Gasteiger partial charge < -0.3 is 10.1 Å². The van der Waals surface area contributed by atoms with Gasteiger partial charge in [0, 0.05) is 24.2 Å². The molecule has 1 aliphatic rings. The van der Waals surface area contributed by atoms with Gasteiger partial charge in [-0.05, 0) is 37.1 Å². The van der Waals surface area contributed by atoms with Gasteiger partial charge in [-0.25, -0.2) is 4.98 Å². The van der Waals surface area contributed by atoms with E-state index in [1.165, 1.54) is 6.07 Å². The number of fused-ring (bicyclic) bond motifs is 1. The van der Waals surface area contributed by atoms with Crippen molar-refractivity contribution in [2.24, 2.45) is 5.92 Å². The van der Waals surface area contributed by atoms with E-state index in [0.717, 1.165) is 19.5 Å². The highest BCUT2D eigenvalue weighted by atomic mass is 16.6. The van der Waals surface area contributed by atoms with Crippen molar-refractivity contribution in [1.82, 2.24) is 10.3 Å². The molecule has 1 aliphatic heterocycles. The second-order valence-corrected chi connectivity index (χ2v) is 5.37. The number of nitro benzene ring substituents is 1. The predicted octanol–water partition coefficient (Wildman–Crippen LogP) is 2.52. The van der Waals surface area contributed by atoms with Crippen LogP contribution in [0.4, 0.5) is 5.69 Å². The maximum atomic E-state index is 11.1. The fourth-order valence-electron chi connectivity index (χ4n) is 2.66. The van der Waals surface area contributed by atoms with Crippen molar-refractivity contribution in [3.63, 3.8) is 0 Å². The van der Waals surface area contributed by atoms with Gasteiger partial charge in [0.25, 0.3) is 5.69 Å². The molecule has 0 aliphatic carbocycles. The third-order valence-electron chi connectivity index (χ3n) is 3.94. The van der Waals surface area contributed by atoms with Crippen molar-refractivity contribution in [3.05, 3.63) is 40.6 Å². The first-order valence-electron chi connectivity index (χ1n) is 7.06. The largest absolute Gasteiger partial charge is 0.488 e. The third-order valence-corrected chi connectivity index (χ3v) is 3.94. The smallest absolute Gasteiger partial charge is 0.295 e. The summed E-state index contributed by atoms with van der Waals surface area (Å²) in [6, 6.07) is 6.71. The zero-order valence-corrected chi connectivity index (χ0v) is 11.8. The van der Waals surface area contributed by atoms with Gasteiger partial charge in [0.2, 0.25) is 0 Å². The number of pyridine rings is 1. The molecule has 1 fully saturated rings. The highest BCUT2D eigenvalue weighted by Gasteiger charge is 2.24. The van der Waals surface area contributed by atoms with Crippen molar-refractivity contribution in [2.45, 2.75) is 19.4 Å². The molecule has 6 heteroatoms. The van der Waals surface area contributed by atoms with Crippen LogP contribution in [-0.2, 0) is 0 Å². The molecule has 110 valence electrons. The Bertz CT molecular complexity index is 674. The van der Waals surface area contributed by atoms with Crippen LogP contribution in [0.1, 0.15) is 13.3 Å². The molecule has 1 N–H and O–H groups in total. The van der Waals surface area contributed by atoms with Crippen molar-refractivity contribution >= 4 is 16.6 Å². The molecule has 1 aromatic carbocycles. The highest BCUT2D eigenvalue weighted by molar-refractivity contribution is 5.92. The fraction of sp³-hybridized carbons (Fsp3) is 0.400. The van der Waals surface area contributed by atoms with E-state index in [4.69, 9.17) is 4.74 Å². The maximum Gasteiger partial charge on any atom is 0.295 e. The minimum Gasteiger partial charge on any atom is -0.488 e. The molecule has 1 saturated heterocycles. The normalized spacial score (nSPS) is 22.1. The van der Waals surface area contributed by atoms with E-state index < -0.39 is 4.92 Å². The number of ether oxygens (including phenoxy) is 1. The molecule has 0 amide bonds. The summed E-state index contributed by atoms with van der Waals surface area (Å²) in [7, 11) is 0. The monoisotopic (exact) mass is 287 g/mol. The zero-order valence-electron chi connectivity index (χ0n) is 11.8. The Morgan fingerprint density at radius 1 is 1.43 bits per heavy atom. The molecular formula is C15H17N3O3. The maximum absolute atomic E-state index is 11.1. The van der Waals surface area contributed by atoms with Crippen molar-refractivity contribution in [3.8, 4) is 5.75 Å². The van der Waals surface area contributed by atoms with Crippen molar-refractivity contribution in [1.29, 1.82) is 0 Å². The van der Waals surface area contributed by atoms with Gasteiger partial charge in [-0.2, -0.15) is 0 Å². The fourth-order valence-corrected chi connectivity index (χ4v) is 2.66. The SMILES string of the molecule is CC1CCNCC1Oc1ccc([N+](=O)[O-])c2ncccc12. The third kappa shape index (κ3) is 2.67. The molecule has 1 aromatic heterocycles. The summed E-state index contributed by atoms with van der Waals surface area (Å²) in [5.41, 5.74) is 0.379. The van der Waals surface area contributed by atoms with Gasteiger partial charge in [-0.1, -0.05) is 6.92 Å². The Kier molecular flexibility index (Phi) is 3.70. The molecule has 2 atom stereocenters. The minimum atomic E-state index is -0.413. The van der Waals surface area contributed by atoms with Crippen LogP contribution in [0, 0.1) is 16.0 Å². The van der Waals surface area contributed by atoms with E-state index in [9.17, 15) is 10.1 Å². The number of aromatic nitrogens is 1. The summed E-state index contributed by atoms with van der Waals surface area (Å²) >= 11 is 0. The van der Waals surface area contributed by atoms with Crippen molar-refractivity contribution in [2.75, 3.05) is 13.1 Å². The molecule has 0 spiro atoms. The predicted molar refractivity (Wildman–Crippen MR) is 79.5 cm³/mol. The lowest BCUT2D eigenvalue weighted by Gasteiger charge is -2.30. The second kappa shape index (κ2) is 5.65. The number of non-ortho nitro benzene ring substituents is 1. The Morgan fingerprint density at radius 2 is 2.29 bits per heavy atom. The molecule has 6 nitrogen and oxygen atoms in total. The molecular weight excluding hydrogens is 270 g/mol. The average molecular weight is 287 g/mol. The van der Waals surface area contributed by atoms with Crippen LogP contribution in [0.5, 0.6) is 5.75 Å². The quantitative estimate of drug-likeness (QED) is 0.693. The number of nitro groups is 1. The van der Waals surface area contributed by atoms with Crippen LogP contribution in [0.15, 0.2) is 30.5 Å². The molecule has 3 rings (SSSR count). The Hall–Kier alpha value is -2.21. The number of nitrogens with zero attached hydrogens (tertiary/aromatic N) is 2. The Labute approximate surface area is 122 Å². The molecule has 2 unspecified atom stereocenters. The van der Waals surface area contributed by atoms with Crippen LogP contribution in [0.3, 0.4) is 0 Å². The van der Waals surface area contributed by atoms with Crippen LogP contribution >= 0.6 is 0 Å². The lowest BCUT2D eigenvalue weighted by Crippen LogP contribution is -2.42. The van der Waals surface area contributed by atoms with Crippen LogP contribution in [-0.4, -0.2) is 29.1 Å². The van der Waals surface area contributed by atoms with Gasteiger partial charge in [-0.15, -0.1) is 0 Å². The number of rotatable bonds is 3. The van der Waals surface area contributed by atoms with Crippen LogP contribution < -0.4 is 10.1 Å². The second-order valence-electron chi connectivity index (χ2n) is 5.37. The summed E-state index contributed by atoms with van der Waals surface area (Å²) in [5.74, 6) is 1.11. The van der Waals surface area contributed by atoms with E-state index in [-0.39, 0.29) is 11.8 Å². The van der Waals surface area contributed by atoms with Gasteiger partial charge >= 0.3 is 0 Å². The summed E-state index contributed by atoms with van der Waals surface area (Å²) < 4.78 is 6.09. The minimum absolute atomic E-state index is 0.00719. The average Bonchev–Trinajstić information content (AvgIpc) is 2.49. The van der Waals surface area contributed by atoms with Crippen LogP contribution in [0.25, 0.3) is 10.9 Å². The van der Waals surface area contributed by atoms with E-state index in [1.54, 1.807) is 18.3 Å². The number of benzene rings is 1. The molecule has 2 heterocycles. The lowest BCUT2D eigenvalue weighted by atomic mass is 9.97. The lowest BCUT2D eigenvalue weighted by molar-refractivity contribution is -0.383. The van der Waals surface area contributed by atoms with Gasteiger partial charge in [0.15, 0.2) is 5.52 Å². The molecule has 0 bridgehead atoms. The zero-order chi connectivity index (χ0) is 14.8. The number of hydrogen-bond acceptors (Lipinski definition) is 5. The number of piperidine rings is 1. The highest BCUT2D eigenvalue weighted by Crippen LogP contribution is 2.32. The van der Waals surface area contributed by atoms with Gasteiger partial charge in [-0.3, -0.25) is 10.1 Å². The summed E-state index contributed by atoms with van der Waals surface area (Å²) in [6.45, 7) is 3.96. The number of nitrogens with one attached hydrogen (secondary N) is 1. The van der Waals surface area contributed by atoms with E-state index in [2.05, 4.69) is 17.2 Å². The van der Waals surface area contributed by atoms with E-state index in [1.807, 2.05) is 6.07 Å². The Balaban J connectivity index is 1.99. The standard InChI is InChI=1S/C15H17N3O3/c1-10-6-8-16-9-14(10)21-13-5-4-12(18(19)20)15-11(13)3-2-7-17-15/h2-5,7,10,14,16H,6,8-9H2,1H3. The van der Waals surface area contributed by atoms with Gasteiger partial charge in [0.1, 0.15) is 11.9 Å². The molecule has 0 saturated carbocycles. The van der Waals surface area contributed by atoms with E-state index in [0.29, 0.717) is 22.6 Å². The topological polar surface area (TPSA) is 77.3 Å². The van der Waals surface area contributed by atoms with E-state index >= 15 is 0 Å². The summed E-state index contributed by atoms with van der Waals surface area (Å²) in [6.07, 6.45) is 2.70. The van der Waals surface area contributed by atoms with Crippen molar-refractivity contribution < 1.29 is 9.66 Å².